The Kier molecular flexibility index (Phi) is 2.07. The van der Waals surface area contributed by atoms with E-state index in [1.54, 1.807) is 7.05 Å². The van der Waals surface area contributed by atoms with Crippen LogP contribution in [-0.2, 0) is 21.4 Å². The molecule has 2 heterocycles. The number of piperidine rings is 1. The summed E-state index contributed by atoms with van der Waals surface area (Å²) in [6.07, 6.45) is 3.43. The molecule has 2 fully saturated rings. The number of carboxylic acid groups (broad SMARTS) is 1. The molecule has 18 heavy (non-hydrogen) atoms. The quantitative estimate of drug-likeness (QED) is 0.732. The lowest BCUT2D eigenvalue weighted by molar-refractivity contribution is -0.156. The SMILES string of the molecule is Cn1cc(C(C(=O)O)N2C(=O)C3CC3C2=O)cn1. The number of rotatable bonds is 3. The minimum atomic E-state index is -1.26. The van der Waals surface area contributed by atoms with E-state index in [1.165, 1.54) is 17.1 Å². The second kappa shape index (κ2) is 3.41. The highest BCUT2D eigenvalue weighted by molar-refractivity contribution is 6.11. The van der Waals surface area contributed by atoms with Gasteiger partial charge in [-0.05, 0) is 6.42 Å². The highest BCUT2D eigenvalue weighted by Crippen LogP contribution is 2.49. The number of nitrogens with zero attached hydrogens (tertiary/aromatic N) is 3. The van der Waals surface area contributed by atoms with Gasteiger partial charge in [0, 0.05) is 18.8 Å². The van der Waals surface area contributed by atoms with Crippen LogP contribution in [0, 0.1) is 11.8 Å². The number of imide groups is 1. The first kappa shape index (κ1) is 10.9. The Hall–Kier alpha value is -2.18. The molecule has 0 bridgehead atoms. The number of aromatic nitrogens is 2. The van der Waals surface area contributed by atoms with Gasteiger partial charge in [-0.2, -0.15) is 5.10 Å². The summed E-state index contributed by atoms with van der Waals surface area (Å²) in [4.78, 5) is 36.0. The summed E-state index contributed by atoms with van der Waals surface area (Å²) in [6, 6.07) is -1.26. The van der Waals surface area contributed by atoms with Gasteiger partial charge in [-0.25, -0.2) is 4.79 Å². The lowest BCUT2D eigenvalue weighted by Gasteiger charge is -2.23. The number of fused-ring (bicyclic) bond motifs is 1. The van der Waals surface area contributed by atoms with Crippen molar-refractivity contribution < 1.29 is 19.5 Å². The summed E-state index contributed by atoms with van der Waals surface area (Å²) in [5, 5.41) is 13.1. The van der Waals surface area contributed by atoms with Crippen LogP contribution in [0.25, 0.3) is 0 Å². The molecule has 3 rings (SSSR count). The van der Waals surface area contributed by atoms with Gasteiger partial charge in [-0.3, -0.25) is 19.2 Å². The van der Waals surface area contributed by atoms with E-state index in [-0.39, 0.29) is 23.7 Å². The molecule has 3 unspecified atom stereocenters. The van der Waals surface area contributed by atoms with Crippen molar-refractivity contribution in [1.29, 1.82) is 0 Å². The molecule has 0 aromatic carbocycles. The second-order valence-electron chi connectivity index (χ2n) is 4.68. The molecule has 94 valence electrons. The smallest absolute Gasteiger partial charge is 0.331 e. The number of carbonyl (C=O) groups is 3. The van der Waals surface area contributed by atoms with Gasteiger partial charge in [0.2, 0.25) is 11.8 Å². The number of carbonyl (C=O) groups excluding carboxylic acids is 2. The van der Waals surface area contributed by atoms with E-state index in [9.17, 15) is 19.5 Å². The molecular weight excluding hydrogens is 238 g/mol. The van der Waals surface area contributed by atoms with Gasteiger partial charge in [0.05, 0.1) is 18.0 Å². The molecule has 0 spiro atoms. The van der Waals surface area contributed by atoms with Gasteiger partial charge >= 0.3 is 5.97 Å². The molecule has 1 aliphatic heterocycles. The third-order valence-corrected chi connectivity index (χ3v) is 3.43. The minimum Gasteiger partial charge on any atom is -0.479 e. The number of likely N-dealkylation sites (tertiary alicyclic amines) is 1. The normalized spacial score (nSPS) is 27.3. The Bertz CT molecular complexity index is 544. The van der Waals surface area contributed by atoms with Crippen molar-refractivity contribution in [2.24, 2.45) is 18.9 Å². The summed E-state index contributed by atoms with van der Waals surface area (Å²) < 4.78 is 1.44. The number of carboxylic acids is 1. The number of aliphatic carboxylic acids is 1. The van der Waals surface area contributed by atoms with E-state index < -0.39 is 12.0 Å². The fourth-order valence-corrected chi connectivity index (χ4v) is 2.44. The van der Waals surface area contributed by atoms with Crippen molar-refractivity contribution in [3.8, 4) is 0 Å². The van der Waals surface area contributed by atoms with Crippen LogP contribution in [-0.4, -0.2) is 37.6 Å². The molecule has 0 radical (unpaired) electrons. The van der Waals surface area contributed by atoms with Crippen LogP contribution in [0.5, 0.6) is 0 Å². The van der Waals surface area contributed by atoms with Crippen LogP contribution in [0.4, 0.5) is 0 Å². The number of aryl methyl sites for hydroxylation is 1. The molecule has 1 saturated carbocycles. The predicted octanol–water partition coefficient (Wildman–Crippen LogP) is -0.449. The highest BCUT2D eigenvalue weighted by atomic mass is 16.4. The van der Waals surface area contributed by atoms with Crippen molar-refractivity contribution in [2.75, 3.05) is 0 Å². The molecule has 7 heteroatoms. The van der Waals surface area contributed by atoms with Gasteiger partial charge in [0.1, 0.15) is 0 Å². The maximum atomic E-state index is 11.9. The summed E-state index contributed by atoms with van der Waals surface area (Å²) in [5.41, 5.74) is 0.341. The first-order valence-electron chi connectivity index (χ1n) is 5.59. The van der Waals surface area contributed by atoms with Crippen LogP contribution in [0.15, 0.2) is 12.4 Å². The Morgan fingerprint density at radius 1 is 1.44 bits per heavy atom. The zero-order chi connectivity index (χ0) is 13.0. The average molecular weight is 249 g/mol. The van der Waals surface area contributed by atoms with E-state index in [0.717, 1.165) is 4.90 Å². The van der Waals surface area contributed by atoms with Crippen LogP contribution < -0.4 is 0 Å². The molecule has 1 aromatic rings. The van der Waals surface area contributed by atoms with Crippen LogP contribution >= 0.6 is 0 Å². The van der Waals surface area contributed by atoms with E-state index >= 15 is 0 Å². The van der Waals surface area contributed by atoms with Crippen LogP contribution in [0.3, 0.4) is 0 Å². The Labute approximate surface area is 102 Å². The Morgan fingerprint density at radius 2 is 2.06 bits per heavy atom. The lowest BCUT2D eigenvalue weighted by atomic mass is 10.1. The second-order valence-corrected chi connectivity index (χ2v) is 4.68. The third kappa shape index (κ3) is 1.36. The summed E-state index contributed by atoms with van der Waals surface area (Å²) in [7, 11) is 1.65. The zero-order valence-electron chi connectivity index (χ0n) is 9.61. The minimum absolute atomic E-state index is 0.295. The molecule has 1 aliphatic carbocycles. The van der Waals surface area contributed by atoms with Crippen LogP contribution in [0.2, 0.25) is 0 Å². The first-order valence-corrected chi connectivity index (χ1v) is 5.59. The van der Waals surface area contributed by atoms with Gasteiger partial charge in [-0.15, -0.1) is 0 Å². The highest BCUT2D eigenvalue weighted by Gasteiger charge is 2.61. The number of amides is 2. The van der Waals surface area contributed by atoms with Gasteiger partial charge in [0.25, 0.3) is 0 Å². The molecule has 7 nitrogen and oxygen atoms in total. The molecule has 1 saturated heterocycles. The Morgan fingerprint density at radius 3 is 2.50 bits per heavy atom. The molecule has 1 N–H and O–H groups in total. The summed E-state index contributed by atoms with van der Waals surface area (Å²) >= 11 is 0. The topological polar surface area (TPSA) is 92.5 Å². The fourth-order valence-electron chi connectivity index (χ4n) is 2.44. The van der Waals surface area contributed by atoms with E-state index in [4.69, 9.17) is 0 Å². The van der Waals surface area contributed by atoms with E-state index in [1.807, 2.05) is 0 Å². The van der Waals surface area contributed by atoms with Gasteiger partial charge < -0.3 is 5.11 Å². The molecule has 1 aromatic heterocycles. The summed E-state index contributed by atoms with van der Waals surface area (Å²) in [6.45, 7) is 0. The van der Waals surface area contributed by atoms with Crippen molar-refractivity contribution in [3.63, 3.8) is 0 Å². The molecule has 2 aliphatic rings. The van der Waals surface area contributed by atoms with E-state index in [2.05, 4.69) is 5.10 Å². The maximum Gasteiger partial charge on any atom is 0.331 e. The third-order valence-electron chi connectivity index (χ3n) is 3.43. The maximum absolute atomic E-state index is 11.9. The van der Waals surface area contributed by atoms with Gasteiger partial charge in [-0.1, -0.05) is 0 Å². The predicted molar refractivity (Wildman–Crippen MR) is 57.0 cm³/mol. The molecule has 3 atom stereocenters. The summed E-state index contributed by atoms with van der Waals surface area (Å²) in [5.74, 6) is -2.56. The standard InChI is InChI=1S/C11H11N3O4/c1-13-4-5(3-12-13)8(11(17)18)14-9(15)6-2-7(6)10(14)16/h3-4,6-8H,2H2,1H3,(H,17,18). The van der Waals surface area contributed by atoms with Crippen molar-refractivity contribution in [3.05, 3.63) is 18.0 Å². The zero-order valence-corrected chi connectivity index (χ0v) is 9.61. The lowest BCUT2D eigenvalue weighted by Crippen LogP contribution is -2.40. The van der Waals surface area contributed by atoms with Gasteiger partial charge in [0.15, 0.2) is 6.04 Å². The van der Waals surface area contributed by atoms with Crippen molar-refractivity contribution in [2.45, 2.75) is 12.5 Å². The average Bonchev–Trinajstić information content (AvgIpc) is 2.94. The van der Waals surface area contributed by atoms with Crippen molar-refractivity contribution in [1.82, 2.24) is 14.7 Å². The first-order chi connectivity index (χ1) is 8.50. The molecule has 2 amide bonds. The van der Waals surface area contributed by atoms with Crippen LogP contribution in [0.1, 0.15) is 18.0 Å². The fraction of sp³-hybridized carbons (Fsp3) is 0.455. The number of hydrogen-bond acceptors (Lipinski definition) is 4. The molecular formula is C11H11N3O4. The van der Waals surface area contributed by atoms with E-state index in [0.29, 0.717) is 12.0 Å². The van der Waals surface area contributed by atoms with Crippen molar-refractivity contribution >= 4 is 17.8 Å². The Balaban J connectivity index is 1.98. The number of hydrogen-bond donors (Lipinski definition) is 1. The largest absolute Gasteiger partial charge is 0.479 e. The monoisotopic (exact) mass is 249 g/mol.